The van der Waals surface area contributed by atoms with Gasteiger partial charge in [0.1, 0.15) is 25.0 Å². The van der Waals surface area contributed by atoms with Gasteiger partial charge in [0.2, 0.25) is 0 Å². The molecule has 0 saturated carbocycles. The third kappa shape index (κ3) is 3.99. The molecule has 1 aliphatic rings. The summed E-state index contributed by atoms with van der Waals surface area (Å²) in [6, 6.07) is 10.6. The lowest BCUT2D eigenvalue weighted by atomic mass is 9.97. The van der Waals surface area contributed by atoms with Gasteiger partial charge in [-0.05, 0) is 38.4 Å². The molecular weight excluding hydrogens is 326 g/mol. The zero-order valence-corrected chi connectivity index (χ0v) is 15.2. The van der Waals surface area contributed by atoms with Crippen molar-refractivity contribution in [3.8, 4) is 0 Å². The number of likely N-dealkylation sites (N-methyl/N-ethyl adjacent to an activating group) is 1. The normalized spacial score (nSPS) is 18.3. The molecule has 0 N–H and O–H groups in total. The summed E-state index contributed by atoms with van der Waals surface area (Å²) in [7, 11) is 2.19. The van der Waals surface area contributed by atoms with Crippen LogP contribution < -0.4 is 0 Å². The molecule has 3 heterocycles. The van der Waals surface area contributed by atoms with Crippen molar-refractivity contribution in [3.63, 3.8) is 0 Å². The Kier molecular flexibility index (Phi) is 5.06. The van der Waals surface area contributed by atoms with E-state index in [1.165, 1.54) is 24.9 Å². The van der Waals surface area contributed by atoms with Gasteiger partial charge in [-0.1, -0.05) is 30.3 Å². The van der Waals surface area contributed by atoms with Crippen molar-refractivity contribution < 1.29 is 0 Å². The molecule has 0 aliphatic carbocycles. The summed E-state index contributed by atoms with van der Waals surface area (Å²) >= 11 is 0. The molecule has 1 aliphatic heterocycles. The van der Waals surface area contributed by atoms with Gasteiger partial charge in [-0.2, -0.15) is 10.2 Å². The Bertz CT molecular complexity index is 810. The summed E-state index contributed by atoms with van der Waals surface area (Å²) in [5.74, 6) is 2.37. The number of benzene rings is 1. The molecule has 7 nitrogen and oxygen atoms in total. The van der Waals surface area contributed by atoms with E-state index in [4.69, 9.17) is 10.1 Å². The number of aromatic nitrogens is 6. The molecular formula is C19H25N7. The van der Waals surface area contributed by atoms with Crippen molar-refractivity contribution in [2.75, 3.05) is 20.1 Å². The van der Waals surface area contributed by atoms with Crippen LogP contribution in [0.3, 0.4) is 0 Å². The molecule has 0 amide bonds. The molecule has 1 fully saturated rings. The summed E-state index contributed by atoms with van der Waals surface area (Å²) in [5, 5.41) is 8.98. The first kappa shape index (κ1) is 16.9. The first-order valence-electron chi connectivity index (χ1n) is 9.26. The van der Waals surface area contributed by atoms with Crippen LogP contribution in [0, 0.1) is 0 Å². The van der Waals surface area contributed by atoms with Gasteiger partial charge >= 0.3 is 0 Å². The molecule has 0 spiro atoms. The lowest BCUT2D eigenvalue weighted by Gasteiger charge is -2.29. The maximum Gasteiger partial charge on any atom is 0.172 e. The van der Waals surface area contributed by atoms with Crippen LogP contribution in [0.1, 0.15) is 36.0 Å². The highest BCUT2D eigenvalue weighted by Gasteiger charge is 2.25. The van der Waals surface area contributed by atoms with E-state index < -0.39 is 0 Å². The van der Waals surface area contributed by atoms with Crippen LogP contribution in [-0.2, 0) is 19.5 Å². The van der Waals surface area contributed by atoms with Crippen LogP contribution in [0.15, 0.2) is 43.0 Å². The highest BCUT2D eigenvalue weighted by Crippen LogP contribution is 2.25. The minimum absolute atomic E-state index is 0.446. The molecule has 1 saturated heterocycles. The Morgan fingerprint density at radius 2 is 2.08 bits per heavy atom. The van der Waals surface area contributed by atoms with E-state index in [9.17, 15) is 0 Å². The zero-order valence-electron chi connectivity index (χ0n) is 15.2. The fourth-order valence-electron chi connectivity index (χ4n) is 3.65. The fourth-order valence-corrected chi connectivity index (χ4v) is 3.65. The van der Waals surface area contributed by atoms with Gasteiger partial charge in [-0.15, -0.1) is 0 Å². The van der Waals surface area contributed by atoms with Crippen LogP contribution in [-0.4, -0.2) is 54.6 Å². The first-order valence-corrected chi connectivity index (χ1v) is 9.26. The molecule has 0 bridgehead atoms. The minimum atomic E-state index is 0.446. The number of likely N-dealkylation sites (tertiary alicyclic amines) is 1. The molecule has 7 heteroatoms. The van der Waals surface area contributed by atoms with Crippen molar-refractivity contribution in [2.45, 2.75) is 38.3 Å². The van der Waals surface area contributed by atoms with Gasteiger partial charge in [0.05, 0.1) is 0 Å². The average Bonchev–Trinajstić information content (AvgIpc) is 3.31. The van der Waals surface area contributed by atoms with E-state index in [1.54, 1.807) is 17.3 Å². The number of hydrogen-bond acceptors (Lipinski definition) is 5. The highest BCUT2D eigenvalue weighted by atomic mass is 15.4. The van der Waals surface area contributed by atoms with Crippen molar-refractivity contribution in [2.24, 2.45) is 0 Å². The van der Waals surface area contributed by atoms with Gasteiger partial charge in [0, 0.05) is 19.0 Å². The monoisotopic (exact) mass is 351 g/mol. The Hall–Kier alpha value is -2.54. The van der Waals surface area contributed by atoms with Gasteiger partial charge in [0.25, 0.3) is 0 Å². The fraction of sp³-hybridized carbons (Fsp3) is 0.474. The number of nitrogens with zero attached hydrogens (tertiary/aromatic N) is 7. The predicted molar refractivity (Wildman–Crippen MR) is 98.8 cm³/mol. The predicted octanol–water partition coefficient (Wildman–Crippen LogP) is 1.97. The number of rotatable bonds is 6. The molecule has 0 radical (unpaired) electrons. The topological polar surface area (TPSA) is 64.7 Å². The number of hydrogen-bond donors (Lipinski definition) is 0. The molecule has 3 aromatic rings. The van der Waals surface area contributed by atoms with Gasteiger partial charge in [-0.25, -0.2) is 19.3 Å². The van der Waals surface area contributed by atoms with Crippen LogP contribution in [0.25, 0.3) is 0 Å². The van der Waals surface area contributed by atoms with Gasteiger partial charge < -0.3 is 4.90 Å². The molecule has 26 heavy (non-hydrogen) atoms. The van der Waals surface area contributed by atoms with Crippen LogP contribution in [0.2, 0.25) is 0 Å². The standard InChI is InChI=1S/C19H25N7/c1-24-10-5-8-17(12-24)19-22-18(13-25-15-20-14-21-25)23-26(19)11-9-16-6-3-2-4-7-16/h2-4,6-7,14-15,17H,5,8-13H2,1H3/t17-/m1/s1. The summed E-state index contributed by atoms with van der Waals surface area (Å²) in [6.45, 7) is 3.63. The summed E-state index contributed by atoms with van der Waals surface area (Å²) in [4.78, 5) is 11.3. The molecule has 136 valence electrons. The second-order valence-corrected chi connectivity index (χ2v) is 7.04. The lowest BCUT2D eigenvalue weighted by molar-refractivity contribution is 0.241. The molecule has 0 unspecified atom stereocenters. The van der Waals surface area contributed by atoms with E-state index in [0.29, 0.717) is 12.5 Å². The van der Waals surface area contributed by atoms with Crippen LogP contribution >= 0.6 is 0 Å². The molecule has 1 aromatic carbocycles. The van der Waals surface area contributed by atoms with Gasteiger partial charge in [-0.3, -0.25) is 0 Å². The maximum absolute atomic E-state index is 4.89. The van der Waals surface area contributed by atoms with Crippen LogP contribution in [0.5, 0.6) is 0 Å². The van der Waals surface area contributed by atoms with E-state index >= 15 is 0 Å². The van der Waals surface area contributed by atoms with E-state index in [2.05, 4.69) is 57.0 Å². The SMILES string of the molecule is CN1CCC[C@@H](c2nc(Cn3cncn3)nn2CCc2ccccc2)C1. The van der Waals surface area contributed by atoms with Crippen molar-refractivity contribution in [1.29, 1.82) is 0 Å². The molecule has 2 aromatic heterocycles. The largest absolute Gasteiger partial charge is 0.306 e. The van der Waals surface area contributed by atoms with Crippen molar-refractivity contribution in [1.82, 2.24) is 34.4 Å². The first-order chi connectivity index (χ1) is 12.8. The second-order valence-electron chi connectivity index (χ2n) is 7.04. The quantitative estimate of drug-likeness (QED) is 0.679. The Labute approximate surface area is 153 Å². The minimum Gasteiger partial charge on any atom is -0.306 e. The van der Waals surface area contributed by atoms with Crippen molar-refractivity contribution >= 4 is 0 Å². The summed E-state index contributed by atoms with van der Waals surface area (Å²) < 4.78 is 3.89. The Morgan fingerprint density at radius 1 is 1.19 bits per heavy atom. The zero-order chi connectivity index (χ0) is 17.8. The Balaban J connectivity index is 1.55. The highest BCUT2D eigenvalue weighted by molar-refractivity contribution is 5.15. The summed E-state index contributed by atoms with van der Waals surface area (Å²) in [6.07, 6.45) is 6.60. The number of aryl methyl sites for hydroxylation is 2. The third-order valence-electron chi connectivity index (χ3n) is 4.96. The lowest BCUT2D eigenvalue weighted by Crippen LogP contribution is -2.32. The van der Waals surface area contributed by atoms with Crippen molar-refractivity contribution in [3.05, 3.63) is 60.2 Å². The average molecular weight is 351 g/mol. The summed E-state index contributed by atoms with van der Waals surface area (Å²) in [5.41, 5.74) is 1.33. The molecule has 1 atom stereocenters. The van der Waals surface area contributed by atoms with E-state index in [-0.39, 0.29) is 0 Å². The maximum atomic E-state index is 4.89. The van der Waals surface area contributed by atoms with E-state index in [1.807, 2.05) is 0 Å². The molecule has 4 rings (SSSR count). The van der Waals surface area contributed by atoms with Gasteiger partial charge in [0.15, 0.2) is 5.82 Å². The Morgan fingerprint density at radius 3 is 2.85 bits per heavy atom. The van der Waals surface area contributed by atoms with E-state index in [0.717, 1.165) is 31.2 Å². The third-order valence-corrected chi connectivity index (χ3v) is 4.96. The van der Waals surface area contributed by atoms with Crippen LogP contribution in [0.4, 0.5) is 0 Å². The number of piperidine rings is 1. The smallest absolute Gasteiger partial charge is 0.172 e. The second kappa shape index (κ2) is 7.78.